The molecule has 1 aromatic carbocycles. The Morgan fingerprint density at radius 2 is 1.75 bits per heavy atom. The van der Waals surface area contributed by atoms with E-state index >= 15 is 0 Å². The van der Waals surface area contributed by atoms with Crippen LogP contribution in [-0.4, -0.2) is 44.5 Å². The van der Waals surface area contributed by atoms with Crippen molar-refractivity contribution in [2.45, 2.75) is 25.7 Å². The normalized spacial score (nSPS) is 12.9. The number of Topliss-reactive ketones (excluding diaryl/α,β-unsaturated/α-hetero) is 1. The van der Waals surface area contributed by atoms with E-state index in [-0.39, 0.29) is 11.7 Å². The number of aromatic nitrogens is 2. The number of carbonyl (C=O) groups excluding carboxylic acids is 1. The summed E-state index contributed by atoms with van der Waals surface area (Å²) in [6, 6.07) is 7.49. The summed E-state index contributed by atoms with van der Waals surface area (Å²) in [7, 11) is 0. The predicted octanol–water partition coefficient (Wildman–Crippen LogP) is 2.73. The van der Waals surface area contributed by atoms with Crippen LogP contribution in [0.4, 0.5) is 0 Å². The zero-order valence-corrected chi connectivity index (χ0v) is 15.2. The van der Waals surface area contributed by atoms with Crippen molar-refractivity contribution in [1.82, 2.24) is 9.97 Å². The highest BCUT2D eigenvalue weighted by molar-refractivity contribution is 5.99. The van der Waals surface area contributed by atoms with Crippen LogP contribution in [0.3, 0.4) is 0 Å². The first-order valence-corrected chi connectivity index (χ1v) is 8.84. The first-order valence-electron chi connectivity index (χ1n) is 8.84. The molecule has 2 aromatic rings. The lowest BCUT2D eigenvalue weighted by Gasteiger charge is -2.06. The number of aryl methyl sites for hydroxylation is 1. The number of ketones is 1. The Labute approximate surface area is 161 Å². The minimum absolute atomic E-state index is 0.274. The number of carboxylic acid groups (broad SMARTS) is 2. The molecule has 148 valence electrons. The third kappa shape index (κ3) is 7.86. The number of benzene rings is 1. The molecule has 28 heavy (non-hydrogen) atoms. The first kappa shape index (κ1) is 20.9. The van der Waals surface area contributed by atoms with Gasteiger partial charge in [-0.2, -0.15) is 0 Å². The van der Waals surface area contributed by atoms with Gasteiger partial charge in [0.05, 0.1) is 12.9 Å². The number of nitrogens with one attached hydrogen (secondary N) is 1. The van der Waals surface area contributed by atoms with E-state index in [2.05, 4.69) is 9.97 Å². The van der Waals surface area contributed by atoms with Crippen molar-refractivity contribution in [3.05, 3.63) is 60.2 Å². The molecule has 1 saturated carbocycles. The Bertz CT molecular complexity index is 792. The monoisotopic (exact) mass is 386 g/mol. The number of ether oxygens (including phenoxy) is 1. The molecule has 0 spiro atoms. The number of aromatic amines is 1. The van der Waals surface area contributed by atoms with Gasteiger partial charge in [0.1, 0.15) is 5.75 Å². The van der Waals surface area contributed by atoms with Crippen LogP contribution in [0, 0.1) is 5.92 Å². The lowest BCUT2D eigenvalue weighted by molar-refractivity contribution is -0.134. The van der Waals surface area contributed by atoms with Crippen LogP contribution >= 0.6 is 0 Å². The van der Waals surface area contributed by atoms with Gasteiger partial charge < -0.3 is 19.9 Å². The maximum absolute atomic E-state index is 11.9. The van der Waals surface area contributed by atoms with Gasteiger partial charge in [0, 0.05) is 35.5 Å². The molecule has 0 atom stereocenters. The topological polar surface area (TPSA) is 130 Å². The average Bonchev–Trinajstić information content (AvgIpc) is 3.40. The molecule has 1 aromatic heterocycles. The molecule has 0 bridgehead atoms. The molecule has 0 unspecified atom stereocenters. The van der Waals surface area contributed by atoms with Gasteiger partial charge in [-0.3, -0.25) is 4.79 Å². The van der Waals surface area contributed by atoms with Crippen molar-refractivity contribution in [2.24, 2.45) is 5.92 Å². The Morgan fingerprint density at radius 1 is 1.11 bits per heavy atom. The first-order chi connectivity index (χ1) is 13.5. The summed E-state index contributed by atoms with van der Waals surface area (Å²) in [4.78, 5) is 38.0. The minimum Gasteiger partial charge on any atom is -0.494 e. The summed E-state index contributed by atoms with van der Waals surface area (Å²) >= 11 is 0. The van der Waals surface area contributed by atoms with E-state index < -0.39 is 11.9 Å². The van der Waals surface area contributed by atoms with Gasteiger partial charge in [-0.15, -0.1) is 0 Å². The molecule has 0 amide bonds. The maximum atomic E-state index is 11.9. The van der Waals surface area contributed by atoms with Crippen molar-refractivity contribution in [1.29, 1.82) is 0 Å². The Morgan fingerprint density at radius 3 is 2.25 bits per heavy atom. The van der Waals surface area contributed by atoms with E-state index in [4.69, 9.17) is 14.9 Å². The number of aliphatic carboxylic acids is 2. The number of H-pyrrole nitrogens is 1. The minimum atomic E-state index is -1.26. The summed E-state index contributed by atoms with van der Waals surface area (Å²) in [5.74, 6) is -1.14. The Kier molecular flexibility index (Phi) is 7.95. The summed E-state index contributed by atoms with van der Waals surface area (Å²) in [5, 5.41) is 15.6. The molecule has 0 saturated heterocycles. The highest BCUT2D eigenvalue weighted by Gasteiger charge is 2.30. The number of hydrogen-bond donors (Lipinski definition) is 3. The van der Waals surface area contributed by atoms with E-state index in [1.54, 1.807) is 6.33 Å². The zero-order chi connectivity index (χ0) is 20.4. The molecule has 0 aliphatic heterocycles. The average molecular weight is 386 g/mol. The summed E-state index contributed by atoms with van der Waals surface area (Å²) in [5.41, 5.74) is 1.93. The lowest BCUT2D eigenvalue weighted by Crippen LogP contribution is -2.02. The third-order valence-electron chi connectivity index (χ3n) is 3.87. The highest BCUT2D eigenvalue weighted by atomic mass is 16.5. The predicted molar refractivity (Wildman–Crippen MR) is 100 cm³/mol. The highest BCUT2D eigenvalue weighted by Crippen LogP contribution is 2.32. The third-order valence-corrected chi connectivity index (χ3v) is 3.87. The van der Waals surface area contributed by atoms with Gasteiger partial charge in [0.2, 0.25) is 0 Å². The van der Waals surface area contributed by atoms with Gasteiger partial charge >= 0.3 is 11.9 Å². The molecular formula is C20H22N2O6. The molecule has 8 heteroatoms. The van der Waals surface area contributed by atoms with Crippen LogP contribution in [0.1, 0.15) is 35.3 Å². The molecule has 1 heterocycles. The van der Waals surface area contributed by atoms with Crippen LogP contribution < -0.4 is 4.74 Å². The maximum Gasteiger partial charge on any atom is 0.328 e. The molecule has 1 aliphatic carbocycles. The van der Waals surface area contributed by atoms with Gasteiger partial charge in [-0.1, -0.05) is 0 Å². The van der Waals surface area contributed by atoms with Crippen LogP contribution in [-0.2, 0) is 16.0 Å². The van der Waals surface area contributed by atoms with Crippen molar-refractivity contribution in [3.8, 4) is 5.75 Å². The summed E-state index contributed by atoms with van der Waals surface area (Å²) < 4.78 is 5.67. The van der Waals surface area contributed by atoms with Crippen molar-refractivity contribution in [3.63, 3.8) is 0 Å². The quantitative estimate of drug-likeness (QED) is 0.343. The van der Waals surface area contributed by atoms with E-state index in [1.165, 1.54) is 0 Å². The number of hydrogen-bond acceptors (Lipinski definition) is 5. The van der Waals surface area contributed by atoms with Gasteiger partial charge in [0.15, 0.2) is 5.78 Å². The summed E-state index contributed by atoms with van der Waals surface area (Å²) in [6.45, 7) is 0.662. The number of imidazole rings is 1. The number of nitrogens with zero attached hydrogens (tertiary/aromatic N) is 1. The number of carboxylic acids is 2. The largest absolute Gasteiger partial charge is 0.494 e. The summed E-state index contributed by atoms with van der Waals surface area (Å²) in [6.07, 6.45) is 8.59. The van der Waals surface area contributed by atoms with Gasteiger partial charge in [-0.05, 0) is 49.9 Å². The van der Waals surface area contributed by atoms with Crippen LogP contribution in [0.5, 0.6) is 5.75 Å². The second-order valence-electron chi connectivity index (χ2n) is 6.20. The van der Waals surface area contributed by atoms with E-state index in [0.717, 1.165) is 42.7 Å². The second-order valence-corrected chi connectivity index (χ2v) is 6.20. The SMILES string of the molecule is O=C(O)C=CC(=O)O.O=C(c1ccc(OCCCc2cnc[nH]2)cc1)C1CC1. The second kappa shape index (κ2) is 10.7. The zero-order valence-electron chi connectivity index (χ0n) is 15.2. The van der Waals surface area contributed by atoms with Crippen LogP contribution in [0.2, 0.25) is 0 Å². The van der Waals surface area contributed by atoms with E-state index in [9.17, 15) is 14.4 Å². The fraction of sp³-hybridized carbons (Fsp3) is 0.300. The smallest absolute Gasteiger partial charge is 0.328 e. The molecule has 3 rings (SSSR count). The van der Waals surface area contributed by atoms with Crippen molar-refractivity contribution in [2.75, 3.05) is 6.61 Å². The molecule has 1 aliphatic rings. The molecular weight excluding hydrogens is 364 g/mol. The van der Waals surface area contributed by atoms with E-state index in [1.807, 2.05) is 30.5 Å². The fourth-order valence-corrected chi connectivity index (χ4v) is 2.31. The Balaban J connectivity index is 0.000000300. The van der Waals surface area contributed by atoms with Crippen molar-refractivity contribution >= 4 is 17.7 Å². The lowest BCUT2D eigenvalue weighted by atomic mass is 10.1. The molecule has 1 fully saturated rings. The number of rotatable bonds is 9. The van der Waals surface area contributed by atoms with Gasteiger partial charge in [-0.25, -0.2) is 14.6 Å². The Hall–Kier alpha value is -3.42. The number of carbonyl (C=O) groups is 3. The van der Waals surface area contributed by atoms with Gasteiger partial charge in [0.25, 0.3) is 0 Å². The van der Waals surface area contributed by atoms with Crippen LogP contribution in [0.25, 0.3) is 0 Å². The standard InChI is InChI=1S/C16H18N2O2.C4H4O4/c19-16(12-3-4-12)13-5-7-15(8-6-13)20-9-1-2-14-10-17-11-18-14;5-3(6)1-2-4(7)8/h5-8,10-12H,1-4,9H2,(H,17,18);1-2H,(H,5,6)(H,7,8). The molecule has 3 N–H and O–H groups in total. The molecule has 0 radical (unpaired) electrons. The fourth-order valence-electron chi connectivity index (χ4n) is 2.31. The molecule has 8 nitrogen and oxygen atoms in total. The van der Waals surface area contributed by atoms with Crippen LogP contribution in [0.15, 0.2) is 48.9 Å². The van der Waals surface area contributed by atoms with E-state index in [0.29, 0.717) is 18.8 Å². The van der Waals surface area contributed by atoms with Crippen molar-refractivity contribution < 1.29 is 29.3 Å².